The van der Waals surface area contributed by atoms with E-state index in [4.69, 9.17) is 0 Å². The van der Waals surface area contributed by atoms with E-state index in [2.05, 4.69) is 48.3 Å². The van der Waals surface area contributed by atoms with E-state index in [1.165, 1.54) is 5.56 Å². The van der Waals surface area contributed by atoms with E-state index in [1.54, 1.807) is 11.8 Å². The van der Waals surface area contributed by atoms with Crippen molar-refractivity contribution in [1.29, 1.82) is 0 Å². The van der Waals surface area contributed by atoms with E-state index in [-0.39, 0.29) is 5.54 Å². The Balaban J connectivity index is 2.17. The van der Waals surface area contributed by atoms with Crippen molar-refractivity contribution in [3.05, 3.63) is 35.7 Å². The molecule has 0 aliphatic heterocycles. The molecule has 0 amide bonds. The van der Waals surface area contributed by atoms with Crippen LogP contribution in [0.2, 0.25) is 0 Å². The van der Waals surface area contributed by atoms with Crippen molar-refractivity contribution in [3.63, 3.8) is 0 Å². The lowest BCUT2D eigenvalue weighted by molar-refractivity contribution is 0.422. The molecule has 0 aromatic carbocycles. The zero-order chi connectivity index (χ0) is 14.8. The summed E-state index contributed by atoms with van der Waals surface area (Å²) >= 11 is 1.66. The van der Waals surface area contributed by atoms with Gasteiger partial charge in [0.25, 0.3) is 0 Å². The van der Waals surface area contributed by atoms with Crippen LogP contribution in [0.5, 0.6) is 0 Å². The predicted octanol–water partition coefficient (Wildman–Crippen LogP) is 3.16. The smallest absolute Gasteiger partial charge is 0.107 e. The Hall–Kier alpha value is -1.33. The van der Waals surface area contributed by atoms with Crippen molar-refractivity contribution >= 4 is 11.8 Å². The van der Waals surface area contributed by atoms with Gasteiger partial charge < -0.3 is 5.32 Å². The molecule has 2 heterocycles. The summed E-state index contributed by atoms with van der Waals surface area (Å²) < 4.78 is 1.90. The van der Waals surface area contributed by atoms with Gasteiger partial charge in [-0.1, -0.05) is 17.8 Å². The van der Waals surface area contributed by atoms with Gasteiger partial charge in [-0.05, 0) is 45.4 Å². The summed E-state index contributed by atoms with van der Waals surface area (Å²) in [4.78, 5) is 4.51. The van der Waals surface area contributed by atoms with Crippen LogP contribution in [-0.4, -0.2) is 20.3 Å². The summed E-state index contributed by atoms with van der Waals surface area (Å²) in [5.74, 6) is 0. The highest BCUT2D eigenvalue weighted by atomic mass is 32.2. The van der Waals surface area contributed by atoms with Gasteiger partial charge in [0, 0.05) is 25.3 Å². The summed E-state index contributed by atoms with van der Waals surface area (Å²) in [6.07, 6.45) is 1.84. The molecule has 0 spiro atoms. The van der Waals surface area contributed by atoms with Crippen LogP contribution in [0.15, 0.2) is 34.4 Å². The largest absolute Gasteiger partial charge is 0.308 e. The standard InChI is InChI=1S/C15H22N4S/c1-11-9-13(19(5)18-11)20-14-12(7-6-8-16-14)10-17-15(2,3)4/h6-9,17H,10H2,1-5H3. The number of pyridine rings is 1. The van der Waals surface area contributed by atoms with Crippen LogP contribution in [0, 0.1) is 6.92 Å². The number of nitrogens with one attached hydrogen (secondary N) is 1. The summed E-state index contributed by atoms with van der Waals surface area (Å²) in [5.41, 5.74) is 2.34. The van der Waals surface area contributed by atoms with Gasteiger partial charge in [0.2, 0.25) is 0 Å². The summed E-state index contributed by atoms with van der Waals surface area (Å²) in [5, 5.41) is 10.0. The average molecular weight is 290 g/mol. The zero-order valence-electron chi connectivity index (χ0n) is 12.8. The first-order valence-corrected chi connectivity index (χ1v) is 7.54. The Morgan fingerprint density at radius 3 is 2.70 bits per heavy atom. The van der Waals surface area contributed by atoms with Crippen molar-refractivity contribution in [2.24, 2.45) is 7.05 Å². The van der Waals surface area contributed by atoms with Gasteiger partial charge in [0.1, 0.15) is 10.1 Å². The second-order valence-corrected chi connectivity index (χ2v) is 6.93. The van der Waals surface area contributed by atoms with Crippen LogP contribution in [0.1, 0.15) is 32.0 Å². The molecule has 2 rings (SSSR count). The molecule has 1 N–H and O–H groups in total. The first kappa shape index (κ1) is 15.1. The molecule has 2 aromatic heterocycles. The normalized spacial score (nSPS) is 11.8. The second kappa shape index (κ2) is 5.97. The Labute approximate surface area is 125 Å². The third kappa shape index (κ3) is 4.08. The molecule has 0 bridgehead atoms. The monoisotopic (exact) mass is 290 g/mol. The SMILES string of the molecule is Cc1cc(Sc2ncccc2CNC(C)(C)C)n(C)n1. The van der Waals surface area contributed by atoms with Crippen molar-refractivity contribution in [2.75, 3.05) is 0 Å². The lowest BCUT2D eigenvalue weighted by atomic mass is 10.1. The number of aryl methyl sites for hydroxylation is 2. The minimum absolute atomic E-state index is 0.0981. The summed E-state index contributed by atoms with van der Waals surface area (Å²) in [7, 11) is 1.96. The molecule has 108 valence electrons. The summed E-state index contributed by atoms with van der Waals surface area (Å²) in [6, 6.07) is 6.19. The molecular weight excluding hydrogens is 268 g/mol. The molecule has 5 heteroatoms. The quantitative estimate of drug-likeness (QED) is 0.939. The fourth-order valence-corrected chi connectivity index (χ4v) is 2.78. The van der Waals surface area contributed by atoms with Gasteiger partial charge in [-0.25, -0.2) is 4.98 Å². The molecule has 0 aliphatic carbocycles. The van der Waals surface area contributed by atoms with Gasteiger partial charge in [0.15, 0.2) is 0 Å². The van der Waals surface area contributed by atoms with Crippen LogP contribution in [0.4, 0.5) is 0 Å². The van der Waals surface area contributed by atoms with Crippen molar-refractivity contribution in [1.82, 2.24) is 20.1 Å². The Bertz CT molecular complexity index is 584. The zero-order valence-corrected chi connectivity index (χ0v) is 13.6. The lowest BCUT2D eigenvalue weighted by Gasteiger charge is -2.21. The third-order valence-corrected chi connectivity index (χ3v) is 3.97. The number of rotatable bonds is 4. The van der Waals surface area contributed by atoms with E-state index in [1.807, 2.05) is 30.9 Å². The lowest BCUT2D eigenvalue weighted by Crippen LogP contribution is -2.35. The molecule has 2 aromatic rings. The fraction of sp³-hybridized carbons (Fsp3) is 0.467. The van der Waals surface area contributed by atoms with Crippen molar-refractivity contribution in [3.8, 4) is 0 Å². The maximum Gasteiger partial charge on any atom is 0.107 e. The molecule has 0 aliphatic rings. The van der Waals surface area contributed by atoms with Crippen LogP contribution in [-0.2, 0) is 13.6 Å². The van der Waals surface area contributed by atoms with Gasteiger partial charge in [-0.3, -0.25) is 4.68 Å². The van der Waals surface area contributed by atoms with Gasteiger partial charge in [-0.15, -0.1) is 0 Å². The third-order valence-electron chi connectivity index (χ3n) is 2.82. The van der Waals surface area contributed by atoms with E-state index < -0.39 is 0 Å². The molecule has 0 radical (unpaired) electrons. The topological polar surface area (TPSA) is 42.7 Å². The van der Waals surface area contributed by atoms with Gasteiger partial charge in [0.05, 0.1) is 5.69 Å². The van der Waals surface area contributed by atoms with Crippen molar-refractivity contribution in [2.45, 2.75) is 49.8 Å². The predicted molar refractivity (Wildman–Crippen MR) is 82.9 cm³/mol. The van der Waals surface area contributed by atoms with Crippen LogP contribution >= 0.6 is 11.8 Å². The number of hydrogen-bond acceptors (Lipinski definition) is 4. The highest BCUT2D eigenvalue weighted by Gasteiger charge is 2.13. The summed E-state index contributed by atoms with van der Waals surface area (Å²) in [6.45, 7) is 9.32. The van der Waals surface area contributed by atoms with E-state index >= 15 is 0 Å². The average Bonchev–Trinajstić information content (AvgIpc) is 2.66. The molecule has 0 fully saturated rings. The Morgan fingerprint density at radius 1 is 1.35 bits per heavy atom. The Kier molecular flexibility index (Phi) is 4.50. The molecule has 0 saturated heterocycles. The molecule has 0 saturated carbocycles. The van der Waals surface area contributed by atoms with Crippen LogP contribution in [0.3, 0.4) is 0 Å². The van der Waals surface area contributed by atoms with Crippen LogP contribution < -0.4 is 5.32 Å². The minimum Gasteiger partial charge on any atom is -0.308 e. The highest BCUT2D eigenvalue weighted by Crippen LogP contribution is 2.28. The van der Waals surface area contributed by atoms with E-state index in [0.29, 0.717) is 0 Å². The molecule has 4 nitrogen and oxygen atoms in total. The van der Waals surface area contributed by atoms with E-state index in [9.17, 15) is 0 Å². The molecule has 0 unspecified atom stereocenters. The number of nitrogens with zero attached hydrogens (tertiary/aromatic N) is 3. The second-order valence-electron chi connectivity index (χ2n) is 5.92. The maximum absolute atomic E-state index is 4.51. The fourth-order valence-electron chi connectivity index (χ4n) is 1.79. The maximum atomic E-state index is 4.51. The molecular formula is C15H22N4S. The minimum atomic E-state index is 0.0981. The van der Waals surface area contributed by atoms with E-state index in [0.717, 1.165) is 22.3 Å². The first-order valence-electron chi connectivity index (χ1n) is 6.72. The molecule has 20 heavy (non-hydrogen) atoms. The Morgan fingerprint density at radius 2 is 2.10 bits per heavy atom. The number of aromatic nitrogens is 3. The molecule has 0 atom stereocenters. The highest BCUT2D eigenvalue weighted by molar-refractivity contribution is 7.99. The first-order chi connectivity index (χ1) is 9.35. The van der Waals surface area contributed by atoms with Crippen LogP contribution in [0.25, 0.3) is 0 Å². The number of hydrogen-bond donors (Lipinski definition) is 1. The van der Waals surface area contributed by atoms with Crippen molar-refractivity contribution < 1.29 is 0 Å². The van der Waals surface area contributed by atoms with Gasteiger partial charge in [-0.2, -0.15) is 5.10 Å². The van der Waals surface area contributed by atoms with Gasteiger partial charge >= 0.3 is 0 Å².